The van der Waals surface area contributed by atoms with Crippen molar-refractivity contribution in [1.29, 1.82) is 0 Å². The molecule has 1 atom stereocenters. The van der Waals surface area contributed by atoms with Crippen LogP contribution in [-0.2, 0) is 6.42 Å². The number of benzene rings is 3. The van der Waals surface area contributed by atoms with E-state index in [9.17, 15) is 4.79 Å². The Morgan fingerprint density at radius 1 is 0.976 bits per heavy atom. The summed E-state index contributed by atoms with van der Waals surface area (Å²) in [6, 6.07) is 25.1. The summed E-state index contributed by atoms with van der Waals surface area (Å²) in [5, 5.41) is 0.634. The number of nitrogens with zero attached hydrogens (tertiary/aromatic N) is 2. The lowest BCUT2D eigenvalue weighted by molar-refractivity contribution is 0.354. The fourth-order valence-electron chi connectivity index (χ4n) is 5.70. The van der Waals surface area contributed by atoms with Gasteiger partial charge in [0.05, 0.1) is 30.5 Å². The number of thiazole rings is 1. The van der Waals surface area contributed by atoms with Crippen LogP contribution in [0.2, 0.25) is 5.02 Å². The van der Waals surface area contributed by atoms with Crippen molar-refractivity contribution in [2.45, 2.75) is 18.9 Å². The molecular formula is C33H25ClN2O4S. The molecule has 7 rings (SSSR count). The van der Waals surface area contributed by atoms with Crippen LogP contribution in [0, 0.1) is 0 Å². The highest BCUT2D eigenvalue weighted by Gasteiger charge is 2.33. The van der Waals surface area contributed by atoms with E-state index in [1.54, 1.807) is 20.3 Å². The molecule has 0 N–H and O–H groups in total. The molecule has 0 saturated carbocycles. The Morgan fingerprint density at radius 3 is 2.66 bits per heavy atom. The molecule has 0 spiro atoms. The summed E-state index contributed by atoms with van der Waals surface area (Å²) in [4.78, 5) is 19.8. The van der Waals surface area contributed by atoms with Crippen molar-refractivity contribution < 1.29 is 13.9 Å². The van der Waals surface area contributed by atoms with Gasteiger partial charge in [-0.05, 0) is 65.9 Å². The minimum Gasteiger partial charge on any atom is -0.493 e. The monoisotopic (exact) mass is 580 g/mol. The van der Waals surface area contributed by atoms with E-state index in [4.69, 9.17) is 30.5 Å². The third-order valence-corrected chi connectivity index (χ3v) is 8.82. The Morgan fingerprint density at radius 2 is 1.83 bits per heavy atom. The number of hydrogen-bond donors (Lipinski definition) is 0. The molecule has 1 aliphatic carbocycles. The first-order valence-electron chi connectivity index (χ1n) is 13.2. The molecule has 0 radical (unpaired) electrons. The zero-order valence-electron chi connectivity index (χ0n) is 22.4. The van der Waals surface area contributed by atoms with Crippen LogP contribution in [-0.4, -0.2) is 18.8 Å². The molecule has 6 nitrogen and oxygen atoms in total. The minimum atomic E-state index is -0.324. The van der Waals surface area contributed by atoms with Gasteiger partial charge in [-0.1, -0.05) is 65.4 Å². The molecular weight excluding hydrogens is 556 g/mol. The van der Waals surface area contributed by atoms with Crippen LogP contribution in [0.15, 0.2) is 98.6 Å². The molecule has 3 heterocycles. The lowest BCUT2D eigenvalue weighted by atomic mass is 9.83. The minimum absolute atomic E-state index is 0.111. The first kappa shape index (κ1) is 25.6. The van der Waals surface area contributed by atoms with Crippen LogP contribution in [0.5, 0.6) is 11.5 Å². The maximum atomic E-state index is 14.1. The van der Waals surface area contributed by atoms with Crippen molar-refractivity contribution >= 4 is 34.7 Å². The number of rotatable bonds is 5. The average Bonchev–Trinajstić information content (AvgIpc) is 3.60. The van der Waals surface area contributed by atoms with E-state index in [2.05, 4.69) is 18.2 Å². The number of ether oxygens (including phenoxy) is 2. The third-order valence-electron chi connectivity index (χ3n) is 7.61. The highest BCUT2D eigenvalue weighted by atomic mass is 35.5. The zero-order valence-corrected chi connectivity index (χ0v) is 24.0. The summed E-state index contributed by atoms with van der Waals surface area (Å²) in [6.45, 7) is 0. The van der Waals surface area contributed by atoms with Crippen molar-refractivity contribution in [3.05, 3.63) is 132 Å². The molecule has 2 aromatic heterocycles. The number of allylic oxidation sites excluding steroid dienone is 1. The van der Waals surface area contributed by atoms with Crippen LogP contribution < -0.4 is 24.4 Å². The predicted molar refractivity (Wildman–Crippen MR) is 161 cm³/mol. The number of aryl methyl sites for hydroxylation is 1. The van der Waals surface area contributed by atoms with E-state index in [-0.39, 0.29) is 11.6 Å². The normalized spacial score (nSPS) is 16.1. The molecule has 8 heteroatoms. The predicted octanol–water partition coefficient (Wildman–Crippen LogP) is 6.25. The van der Waals surface area contributed by atoms with Gasteiger partial charge < -0.3 is 13.9 Å². The van der Waals surface area contributed by atoms with Gasteiger partial charge in [0, 0.05) is 22.2 Å². The van der Waals surface area contributed by atoms with Gasteiger partial charge in [-0.15, -0.1) is 0 Å². The van der Waals surface area contributed by atoms with Gasteiger partial charge in [-0.2, -0.15) is 0 Å². The largest absolute Gasteiger partial charge is 0.493 e. The zero-order chi connectivity index (χ0) is 28.1. The molecule has 2 aliphatic rings. The van der Waals surface area contributed by atoms with Gasteiger partial charge in [-0.3, -0.25) is 9.36 Å². The molecule has 0 unspecified atom stereocenters. The van der Waals surface area contributed by atoms with Gasteiger partial charge in [-0.25, -0.2) is 4.99 Å². The summed E-state index contributed by atoms with van der Waals surface area (Å²) in [7, 11) is 3.24. The summed E-state index contributed by atoms with van der Waals surface area (Å²) < 4.78 is 19.6. The van der Waals surface area contributed by atoms with Gasteiger partial charge in [0.1, 0.15) is 11.5 Å². The fourth-order valence-corrected chi connectivity index (χ4v) is 6.87. The second-order valence-corrected chi connectivity index (χ2v) is 11.4. The number of methoxy groups -OCH3 is 2. The molecule has 0 saturated heterocycles. The second kappa shape index (κ2) is 10.3. The molecule has 5 aromatic rings. The van der Waals surface area contributed by atoms with Crippen molar-refractivity contribution in [3.8, 4) is 22.8 Å². The third kappa shape index (κ3) is 4.42. The van der Waals surface area contributed by atoms with Crippen LogP contribution in [0.4, 0.5) is 0 Å². The maximum Gasteiger partial charge on any atom is 0.271 e. The van der Waals surface area contributed by atoms with Crippen molar-refractivity contribution in [3.63, 3.8) is 0 Å². The highest BCUT2D eigenvalue weighted by Crippen LogP contribution is 2.42. The number of furan rings is 1. The van der Waals surface area contributed by atoms with Gasteiger partial charge >= 0.3 is 0 Å². The highest BCUT2D eigenvalue weighted by molar-refractivity contribution is 7.07. The van der Waals surface area contributed by atoms with Crippen molar-refractivity contribution in [2.24, 2.45) is 4.99 Å². The van der Waals surface area contributed by atoms with E-state index < -0.39 is 0 Å². The van der Waals surface area contributed by atoms with E-state index in [1.165, 1.54) is 16.9 Å². The van der Waals surface area contributed by atoms with Gasteiger partial charge in [0.2, 0.25) is 0 Å². The number of aromatic nitrogens is 1. The average molecular weight is 581 g/mol. The van der Waals surface area contributed by atoms with E-state index in [1.807, 2.05) is 65.2 Å². The van der Waals surface area contributed by atoms with Crippen LogP contribution in [0.3, 0.4) is 0 Å². The Labute approximate surface area is 245 Å². The van der Waals surface area contributed by atoms with E-state index in [0.29, 0.717) is 37.4 Å². The molecule has 204 valence electrons. The Hall–Kier alpha value is -4.33. The van der Waals surface area contributed by atoms with Crippen LogP contribution >= 0.6 is 22.9 Å². The number of hydrogen-bond acceptors (Lipinski definition) is 6. The molecule has 0 fully saturated rings. The standard InChI is InChI=1S/C33H25ClN2O4S/c1-38-27-14-11-21(17-28(27)39-2)31-25-13-10-19-6-3-4-9-24(19)30(25)35-33-36(31)32(37)29(41-33)18-23-12-15-26(40-23)20-7-5-8-22(34)16-20/h3-9,11-12,14-18,31H,10,13H2,1-2H3/b29-18+/t31-/m1/s1. The molecule has 0 amide bonds. The van der Waals surface area contributed by atoms with Crippen molar-refractivity contribution in [2.75, 3.05) is 14.2 Å². The number of halogens is 1. The summed E-state index contributed by atoms with van der Waals surface area (Å²) in [5.74, 6) is 2.52. The summed E-state index contributed by atoms with van der Waals surface area (Å²) >= 11 is 7.54. The second-order valence-electron chi connectivity index (χ2n) is 9.94. The molecule has 1 aliphatic heterocycles. The molecule has 41 heavy (non-hydrogen) atoms. The summed E-state index contributed by atoms with van der Waals surface area (Å²) in [5.41, 5.74) is 6.16. The van der Waals surface area contributed by atoms with E-state index in [0.717, 1.165) is 40.8 Å². The summed E-state index contributed by atoms with van der Waals surface area (Å²) in [6.07, 6.45) is 3.48. The smallest absolute Gasteiger partial charge is 0.271 e. The SMILES string of the molecule is COc1ccc([C@@H]2C3=C(N=c4s/c(=C/c5ccc(-c6cccc(Cl)c6)o5)c(=O)n42)c2ccccc2CC3)cc1OC. The Bertz CT molecular complexity index is 2030. The van der Waals surface area contributed by atoms with Crippen LogP contribution in [0.25, 0.3) is 23.1 Å². The quantitative estimate of drug-likeness (QED) is 0.246. The molecule has 0 bridgehead atoms. The topological polar surface area (TPSA) is 66.0 Å². The fraction of sp³-hybridized carbons (Fsp3) is 0.152. The first-order valence-corrected chi connectivity index (χ1v) is 14.4. The first-order chi connectivity index (χ1) is 20.0. The van der Waals surface area contributed by atoms with Gasteiger partial charge in [0.25, 0.3) is 5.56 Å². The van der Waals surface area contributed by atoms with E-state index >= 15 is 0 Å². The molecule has 3 aromatic carbocycles. The lowest BCUT2D eigenvalue weighted by Gasteiger charge is -2.31. The Kier molecular flexibility index (Phi) is 6.41. The Balaban J connectivity index is 1.41. The van der Waals surface area contributed by atoms with Crippen molar-refractivity contribution in [1.82, 2.24) is 4.57 Å². The maximum absolute atomic E-state index is 14.1. The van der Waals surface area contributed by atoms with Crippen LogP contribution in [0.1, 0.15) is 34.9 Å². The number of fused-ring (bicyclic) bond motifs is 3. The lowest BCUT2D eigenvalue weighted by Crippen LogP contribution is -2.38. The van der Waals surface area contributed by atoms with Gasteiger partial charge in [0.15, 0.2) is 16.3 Å².